The van der Waals surface area contributed by atoms with E-state index < -0.39 is 6.04 Å². The minimum absolute atomic E-state index is 0.0127. The average molecular weight is 351 g/mol. The maximum atomic E-state index is 13.0. The van der Waals surface area contributed by atoms with Crippen molar-refractivity contribution in [2.75, 3.05) is 18.8 Å². The highest BCUT2D eigenvalue weighted by Gasteiger charge is 2.28. The zero-order valence-corrected chi connectivity index (χ0v) is 15.1. The van der Waals surface area contributed by atoms with E-state index >= 15 is 0 Å². The summed E-state index contributed by atoms with van der Waals surface area (Å²) < 4.78 is 0. The molecule has 3 N–H and O–H groups in total. The summed E-state index contributed by atoms with van der Waals surface area (Å²) in [5.74, 6) is -0.274. The predicted molar refractivity (Wildman–Crippen MR) is 103 cm³/mol. The zero-order chi connectivity index (χ0) is 18.5. The molecule has 0 radical (unpaired) electrons. The van der Waals surface area contributed by atoms with Gasteiger partial charge in [0.2, 0.25) is 5.91 Å². The van der Waals surface area contributed by atoms with Gasteiger partial charge in [0.1, 0.15) is 6.04 Å². The quantitative estimate of drug-likeness (QED) is 0.813. The van der Waals surface area contributed by atoms with Crippen LogP contribution in [-0.4, -0.2) is 35.8 Å². The molecule has 5 heteroatoms. The monoisotopic (exact) mass is 351 g/mol. The molecule has 5 nitrogen and oxygen atoms in total. The van der Waals surface area contributed by atoms with E-state index in [9.17, 15) is 9.59 Å². The maximum Gasteiger partial charge on any atom is 0.252 e. The Morgan fingerprint density at radius 1 is 1.12 bits per heavy atom. The molecule has 3 rings (SSSR count). The van der Waals surface area contributed by atoms with Crippen molar-refractivity contribution in [2.45, 2.75) is 32.2 Å². The van der Waals surface area contributed by atoms with E-state index in [4.69, 9.17) is 5.73 Å². The normalized spacial score (nSPS) is 14.9. The standard InChI is InChI=1S/C21H25N3O2/c1-15-9-10-17(22)14-18(15)20(25)23-19(13-16-7-3-2-4-8-16)21(26)24-11-5-6-12-24/h2-4,7-10,14,19H,5-6,11-13,22H2,1H3,(H,23,25). The van der Waals surface area contributed by atoms with Gasteiger partial charge in [-0.3, -0.25) is 9.59 Å². The molecule has 0 bridgehead atoms. The smallest absolute Gasteiger partial charge is 0.252 e. The number of nitrogens with zero attached hydrogens (tertiary/aromatic N) is 1. The summed E-state index contributed by atoms with van der Waals surface area (Å²) in [6.45, 7) is 3.39. The Morgan fingerprint density at radius 3 is 2.50 bits per heavy atom. The summed E-state index contributed by atoms with van der Waals surface area (Å²) in [4.78, 5) is 27.6. The van der Waals surface area contributed by atoms with Crippen LogP contribution in [0.3, 0.4) is 0 Å². The van der Waals surface area contributed by atoms with Gasteiger partial charge in [-0.15, -0.1) is 0 Å². The number of nitrogens with two attached hydrogens (primary N) is 1. The van der Waals surface area contributed by atoms with Crippen LogP contribution in [-0.2, 0) is 11.2 Å². The molecule has 0 aromatic heterocycles. The molecule has 136 valence electrons. The van der Waals surface area contributed by atoms with Crippen LogP contribution in [0.4, 0.5) is 5.69 Å². The van der Waals surface area contributed by atoms with E-state index in [1.54, 1.807) is 12.1 Å². The number of likely N-dealkylation sites (tertiary alicyclic amines) is 1. The van der Waals surface area contributed by atoms with Gasteiger partial charge in [0.25, 0.3) is 5.91 Å². The molecule has 26 heavy (non-hydrogen) atoms. The first-order chi connectivity index (χ1) is 12.5. The third-order valence-corrected chi connectivity index (χ3v) is 4.81. The minimum Gasteiger partial charge on any atom is -0.399 e. The summed E-state index contributed by atoms with van der Waals surface area (Å²) >= 11 is 0. The Morgan fingerprint density at radius 2 is 1.81 bits per heavy atom. The van der Waals surface area contributed by atoms with Crippen molar-refractivity contribution in [1.82, 2.24) is 10.2 Å². The van der Waals surface area contributed by atoms with Crippen LogP contribution in [0.1, 0.15) is 34.3 Å². The van der Waals surface area contributed by atoms with Crippen LogP contribution < -0.4 is 11.1 Å². The summed E-state index contributed by atoms with van der Waals surface area (Å²) in [5.41, 5.74) is 8.73. The highest BCUT2D eigenvalue weighted by Crippen LogP contribution is 2.15. The lowest BCUT2D eigenvalue weighted by molar-refractivity contribution is -0.132. The van der Waals surface area contributed by atoms with Crippen LogP contribution in [0.15, 0.2) is 48.5 Å². The van der Waals surface area contributed by atoms with Gasteiger partial charge in [0.15, 0.2) is 0 Å². The van der Waals surface area contributed by atoms with Crippen molar-refractivity contribution >= 4 is 17.5 Å². The number of nitrogen functional groups attached to an aromatic ring is 1. The Bertz CT molecular complexity index is 783. The number of hydrogen-bond acceptors (Lipinski definition) is 3. The molecule has 1 aliphatic rings. The molecule has 1 saturated heterocycles. The molecule has 1 heterocycles. The number of anilines is 1. The average Bonchev–Trinajstić information content (AvgIpc) is 3.18. The second-order valence-electron chi connectivity index (χ2n) is 6.82. The van der Waals surface area contributed by atoms with Gasteiger partial charge >= 0.3 is 0 Å². The molecule has 2 aromatic carbocycles. The number of aryl methyl sites for hydroxylation is 1. The first-order valence-corrected chi connectivity index (χ1v) is 9.04. The van der Waals surface area contributed by atoms with Crippen LogP contribution in [0.25, 0.3) is 0 Å². The highest BCUT2D eigenvalue weighted by atomic mass is 16.2. The minimum atomic E-state index is -0.580. The number of carbonyl (C=O) groups excluding carboxylic acids is 2. The molecular weight excluding hydrogens is 326 g/mol. The van der Waals surface area contributed by atoms with Crippen molar-refractivity contribution < 1.29 is 9.59 Å². The molecule has 2 aromatic rings. The van der Waals surface area contributed by atoms with E-state index in [0.717, 1.165) is 37.1 Å². The Hall–Kier alpha value is -2.82. The van der Waals surface area contributed by atoms with Gasteiger partial charge in [-0.25, -0.2) is 0 Å². The first kappa shape index (κ1) is 18.0. The van der Waals surface area contributed by atoms with E-state index in [-0.39, 0.29) is 11.8 Å². The van der Waals surface area contributed by atoms with Crippen LogP contribution in [0.5, 0.6) is 0 Å². The van der Waals surface area contributed by atoms with Gasteiger partial charge in [-0.05, 0) is 43.0 Å². The van der Waals surface area contributed by atoms with E-state index in [1.165, 1.54) is 0 Å². The van der Waals surface area contributed by atoms with Crippen molar-refractivity contribution in [1.29, 1.82) is 0 Å². The van der Waals surface area contributed by atoms with Crippen molar-refractivity contribution in [3.05, 3.63) is 65.2 Å². The van der Waals surface area contributed by atoms with Gasteiger partial charge in [-0.2, -0.15) is 0 Å². The third-order valence-electron chi connectivity index (χ3n) is 4.81. The van der Waals surface area contributed by atoms with E-state index in [2.05, 4.69) is 5.32 Å². The summed E-state index contributed by atoms with van der Waals surface area (Å²) in [7, 11) is 0. The number of benzene rings is 2. The fourth-order valence-corrected chi connectivity index (χ4v) is 3.33. The SMILES string of the molecule is Cc1ccc(N)cc1C(=O)NC(Cc1ccccc1)C(=O)N1CCCC1. The second-order valence-corrected chi connectivity index (χ2v) is 6.82. The Balaban J connectivity index is 1.81. The number of nitrogens with one attached hydrogen (secondary N) is 1. The number of carbonyl (C=O) groups is 2. The lowest BCUT2D eigenvalue weighted by Crippen LogP contribution is -2.49. The molecule has 0 saturated carbocycles. The Kier molecular flexibility index (Phi) is 5.56. The lowest BCUT2D eigenvalue weighted by atomic mass is 10.0. The molecule has 1 aliphatic heterocycles. The van der Waals surface area contributed by atoms with E-state index in [1.807, 2.05) is 48.2 Å². The van der Waals surface area contributed by atoms with Gasteiger partial charge in [0.05, 0.1) is 0 Å². The molecule has 0 aliphatic carbocycles. The number of hydrogen-bond donors (Lipinski definition) is 2. The maximum absolute atomic E-state index is 13.0. The van der Waals surface area contributed by atoms with Crippen molar-refractivity contribution in [3.63, 3.8) is 0 Å². The predicted octanol–water partition coefficient (Wildman–Crippen LogP) is 2.54. The fraction of sp³-hybridized carbons (Fsp3) is 0.333. The molecule has 1 fully saturated rings. The van der Waals surface area contributed by atoms with Crippen molar-refractivity contribution in [3.8, 4) is 0 Å². The largest absolute Gasteiger partial charge is 0.399 e. The molecular formula is C21H25N3O2. The topological polar surface area (TPSA) is 75.4 Å². The van der Waals surface area contributed by atoms with Gasteiger partial charge in [0, 0.05) is 30.8 Å². The highest BCUT2D eigenvalue weighted by molar-refractivity contribution is 5.99. The molecule has 1 unspecified atom stereocenters. The van der Waals surface area contributed by atoms with E-state index in [0.29, 0.717) is 17.7 Å². The second kappa shape index (κ2) is 8.04. The lowest BCUT2D eigenvalue weighted by Gasteiger charge is -2.24. The van der Waals surface area contributed by atoms with Crippen molar-refractivity contribution in [2.24, 2.45) is 0 Å². The van der Waals surface area contributed by atoms with Gasteiger partial charge < -0.3 is 16.0 Å². The van der Waals surface area contributed by atoms with Gasteiger partial charge in [-0.1, -0.05) is 36.4 Å². The zero-order valence-electron chi connectivity index (χ0n) is 15.1. The molecule has 1 atom stereocenters. The van der Waals surface area contributed by atoms with Crippen LogP contribution in [0.2, 0.25) is 0 Å². The number of rotatable bonds is 5. The first-order valence-electron chi connectivity index (χ1n) is 9.04. The summed E-state index contributed by atoms with van der Waals surface area (Å²) in [6, 6.07) is 14.4. The fourth-order valence-electron chi connectivity index (χ4n) is 3.33. The molecule has 0 spiro atoms. The van der Waals surface area contributed by atoms with Crippen LogP contribution >= 0.6 is 0 Å². The Labute approximate surface area is 154 Å². The summed E-state index contributed by atoms with van der Waals surface area (Å²) in [6.07, 6.45) is 2.52. The van der Waals surface area contributed by atoms with Crippen LogP contribution in [0, 0.1) is 6.92 Å². The molecule has 2 amide bonds. The third kappa shape index (κ3) is 4.23. The number of amides is 2. The summed E-state index contributed by atoms with van der Waals surface area (Å²) in [5, 5.41) is 2.94.